The van der Waals surface area contributed by atoms with Crippen molar-refractivity contribution in [2.75, 3.05) is 5.73 Å². The van der Waals surface area contributed by atoms with E-state index >= 15 is 0 Å². The Bertz CT molecular complexity index is 518. The number of nitrogens with two attached hydrogens (primary N) is 1. The first-order valence-electron chi connectivity index (χ1n) is 3.82. The molecule has 72 valence electrons. The second-order valence-electron chi connectivity index (χ2n) is 2.83. The van der Waals surface area contributed by atoms with Crippen LogP contribution in [0.3, 0.4) is 0 Å². The lowest BCUT2D eigenvalue weighted by Gasteiger charge is -1.92. The van der Waals surface area contributed by atoms with Crippen LogP contribution in [-0.2, 0) is 7.05 Å². The van der Waals surface area contributed by atoms with Gasteiger partial charge in [0.25, 0.3) is 5.69 Å². The fourth-order valence-electron chi connectivity index (χ4n) is 1.26. The number of nitro groups is 1. The number of fused-ring (bicyclic) bond motifs is 1. The van der Waals surface area contributed by atoms with Crippen LogP contribution >= 0.6 is 0 Å². The number of aryl methyl sites for hydroxylation is 1. The van der Waals surface area contributed by atoms with Gasteiger partial charge in [-0.2, -0.15) is 5.10 Å². The molecule has 0 saturated heterocycles. The summed E-state index contributed by atoms with van der Waals surface area (Å²) >= 11 is 0. The predicted molar refractivity (Wildman–Crippen MR) is 49.6 cm³/mol. The Labute approximate surface area is 78.3 Å². The van der Waals surface area contributed by atoms with Gasteiger partial charge in [-0.1, -0.05) is 0 Å². The molecule has 7 heteroatoms. The Morgan fingerprint density at radius 2 is 2.36 bits per heavy atom. The molecule has 2 rings (SSSR count). The van der Waals surface area contributed by atoms with Crippen molar-refractivity contribution >= 4 is 22.5 Å². The topological polar surface area (TPSA) is 99.9 Å². The van der Waals surface area contributed by atoms with Gasteiger partial charge in [0.2, 0.25) is 0 Å². The second kappa shape index (κ2) is 2.66. The van der Waals surface area contributed by atoms with Gasteiger partial charge in [0.15, 0.2) is 11.5 Å². The van der Waals surface area contributed by atoms with Crippen molar-refractivity contribution in [3.05, 3.63) is 22.4 Å². The van der Waals surface area contributed by atoms with Crippen molar-refractivity contribution in [1.82, 2.24) is 14.8 Å². The van der Waals surface area contributed by atoms with E-state index < -0.39 is 4.92 Å². The molecule has 0 atom stereocenters. The predicted octanol–water partition coefficient (Wildman–Crippen LogP) is 0.459. The summed E-state index contributed by atoms with van der Waals surface area (Å²) in [6.07, 6.45) is 1.18. The van der Waals surface area contributed by atoms with Crippen molar-refractivity contribution < 1.29 is 4.92 Å². The van der Waals surface area contributed by atoms with Crippen molar-refractivity contribution in [2.45, 2.75) is 0 Å². The number of hydrogen-bond acceptors (Lipinski definition) is 5. The summed E-state index contributed by atoms with van der Waals surface area (Å²) in [5.74, 6) is 0.249. The van der Waals surface area contributed by atoms with E-state index in [1.807, 2.05) is 0 Å². The molecule has 0 aliphatic heterocycles. The first-order chi connectivity index (χ1) is 6.59. The largest absolute Gasteiger partial charge is 0.382 e. The zero-order valence-electron chi connectivity index (χ0n) is 7.34. The molecule has 0 aromatic carbocycles. The zero-order chi connectivity index (χ0) is 10.3. The SMILES string of the molecule is Cn1nc(N)c2cc([N+](=O)[O-])cnc21. The van der Waals surface area contributed by atoms with E-state index in [0.717, 1.165) is 0 Å². The van der Waals surface area contributed by atoms with Gasteiger partial charge in [-0.15, -0.1) is 0 Å². The molecule has 0 bridgehead atoms. The third-order valence-electron chi connectivity index (χ3n) is 1.90. The van der Waals surface area contributed by atoms with Crippen LogP contribution in [0.15, 0.2) is 12.3 Å². The van der Waals surface area contributed by atoms with Gasteiger partial charge in [0, 0.05) is 13.1 Å². The Hall–Kier alpha value is -2.18. The highest BCUT2D eigenvalue weighted by molar-refractivity contribution is 5.87. The first kappa shape index (κ1) is 8.42. The van der Waals surface area contributed by atoms with E-state index in [-0.39, 0.29) is 11.5 Å². The van der Waals surface area contributed by atoms with Gasteiger partial charge in [-0.05, 0) is 0 Å². The quantitative estimate of drug-likeness (QED) is 0.523. The lowest BCUT2D eigenvalue weighted by Crippen LogP contribution is -1.93. The normalized spacial score (nSPS) is 10.6. The smallest absolute Gasteiger partial charge is 0.288 e. The highest BCUT2D eigenvalue weighted by atomic mass is 16.6. The average molecular weight is 193 g/mol. The maximum Gasteiger partial charge on any atom is 0.288 e. The van der Waals surface area contributed by atoms with Crippen LogP contribution in [0.4, 0.5) is 11.5 Å². The van der Waals surface area contributed by atoms with E-state index in [9.17, 15) is 10.1 Å². The minimum Gasteiger partial charge on any atom is -0.382 e. The van der Waals surface area contributed by atoms with Gasteiger partial charge < -0.3 is 5.73 Å². The number of hydrogen-bond donors (Lipinski definition) is 1. The number of pyridine rings is 1. The minimum absolute atomic E-state index is 0.0859. The van der Waals surface area contributed by atoms with Crippen LogP contribution in [0.25, 0.3) is 11.0 Å². The van der Waals surface area contributed by atoms with Gasteiger partial charge >= 0.3 is 0 Å². The molecule has 0 spiro atoms. The molecule has 0 saturated carbocycles. The summed E-state index contributed by atoms with van der Waals surface area (Å²) in [4.78, 5) is 13.8. The molecule has 0 unspecified atom stereocenters. The molecule has 7 nitrogen and oxygen atoms in total. The summed E-state index contributed by atoms with van der Waals surface area (Å²) in [6.45, 7) is 0. The van der Waals surface area contributed by atoms with Gasteiger partial charge in [-0.3, -0.25) is 10.1 Å². The summed E-state index contributed by atoms with van der Waals surface area (Å²) in [5, 5.41) is 14.9. The molecule has 2 N–H and O–H groups in total. The lowest BCUT2D eigenvalue weighted by atomic mass is 10.3. The van der Waals surface area contributed by atoms with Crippen molar-refractivity contribution in [3.8, 4) is 0 Å². The maximum absolute atomic E-state index is 10.5. The molecule has 2 aromatic rings. The summed E-state index contributed by atoms with van der Waals surface area (Å²) in [5.41, 5.74) is 6.00. The van der Waals surface area contributed by atoms with Crippen molar-refractivity contribution in [1.29, 1.82) is 0 Å². The van der Waals surface area contributed by atoms with Crippen LogP contribution < -0.4 is 5.73 Å². The third kappa shape index (κ3) is 1.06. The number of nitrogens with zero attached hydrogens (tertiary/aromatic N) is 4. The zero-order valence-corrected chi connectivity index (χ0v) is 7.34. The number of aromatic nitrogens is 3. The Kier molecular flexibility index (Phi) is 1.60. The van der Waals surface area contributed by atoms with Gasteiger partial charge in [0.05, 0.1) is 10.3 Å². The molecular formula is C7H7N5O2. The van der Waals surface area contributed by atoms with Gasteiger partial charge in [0.1, 0.15) is 6.20 Å². The maximum atomic E-state index is 10.5. The van der Waals surface area contributed by atoms with Crippen molar-refractivity contribution in [2.24, 2.45) is 7.05 Å². The molecule has 0 radical (unpaired) electrons. The molecular weight excluding hydrogens is 186 g/mol. The molecule has 14 heavy (non-hydrogen) atoms. The first-order valence-corrected chi connectivity index (χ1v) is 3.82. The minimum atomic E-state index is -0.515. The van der Waals surface area contributed by atoms with E-state index in [4.69, 9.17) is 5.73 Å². The number of anilines is 1. The molecule has 0 aliphatic rings. The highest BCUT2D eigenvalue weighted by Gasteiger charge is 2.12. The molecule has 0 amide bonds. The Morgan fingerprint density at radius 1 is 1.64 bits per heavy atom. The van der Waals surface area contributed by atoms with Crippen LogP contribution in [0, 0.1) is 10.1 Å². The van der Waals surface area contributed by atoms with Crippen molar-refractivity contribution in [3.63, 3.8) is 0 Å². The van der Waals surface area contributed by atoms with Gasteiger partial charge in [-0.25, -0.2) is 9.67 Å². The summed E-state index contributed by atoms with van der Waals surface area (Å²) < 4.78 is 1.48. The molecule has 2 aromatic heterocycles. The third-order valence-corrected chi connectivity index (χ3v) is 1.90. The molecule has 0 aliphatic carbocycles. The standard InChI is InChI=1S/C7H7N5O2/c1-11-7-5(6(8)10-11)2-4(3-9-7)12(13)14/h2-3H,1H3,(H2,8,10). The fourth-order valence-corrected chi connectivity index (χ4v) is 1.26. The van der Waals surface area contributed by atoms with Crippen LogP contribution in [-0.4, -0.2) is 19.7 Å². The highest BCUT2D eigenvalue weighted by Crippen LogP contribution is 2.22. The number of rotatable bonds is 1. The summed E-state index contributed by atoms with van der Waals surface area (Å²) in [7, 11) is 1.68. The number of nitrogen functional groups attached to an aromatic ring is 1. The Morgan fingerprint density at radius 3 is 3.00 bits per heavy atom. The fraction of sp³-hybridized carbons (Fsp3) is 0.143. The second-order valence-corrected chi connectivity index (χ2v) is 2.83. The van der Waals surface area contributed by atoms with E-state index in [1.54, 1.807) is 7.05 Å². The van der Waals surface area contributed by atoms with E-state index in [1.165, 1.54) is 16.9 Å². The average Bonchev–Trinajstić information content (AvgIpc) is 2.42. The molecule has 2 heterocycles. The summed E-state index contributed by atoms with van der Waals surface area (Å²) in [6, 6.07) is 1.37. The van der Waals surface area contributed by atoms with Crippen LogP contribution in [0.1, 0.15) is 0 Å². The van der Waals surface area contributed by atoms with E-state index in [2.05, 4.69) is 10.1 Å². The van der Waals surface area contributed by atoms with E-state index in [0.29, 0.717) is 11.0 Å². The van der Waals surface area contributed by atoms with Crippen LogP contribution in [0.5, 0.6) is 0 Å². The monoisotopic (exact) mass is 193 g/mol. The lowest BCUT2D eigenvalue weighted by molar-refractivity contribution is -0.385. The molecule has 0 fully saturated rings. The Balaban J connectivity index is 2.77. The van der Waals surface area contributed by atoms with Crippen LogP contribution in [0.2, 0.25) is 0 Å².